The summed E-state index contributed by atoms with van der Waals surface area (Å²) in [6, 6.07) is 13.5. The summed E-state index contributed by atoms with van der Waals surface area (Å²) in [6.07, 6.45) is 3.09. The molecule has 0 amide bonds. The van der Waals surface area contributed by atoms with Crippen LogP contribution in [0.15, 0.2) is 48.7 Å². The highest BCUT2D eigenvalue weighted by molar-refractivity contribution is 5.41. The summed E-state index contributed by atoms with van der Waals surface area (Å²) in [7, 11) is 0. The van der Waals surface area contributed by atoms with Crippen LogP contribution >= 0.6 is 0 Å². The first-order valence-corrected chi connectivity index (χ1v) is 7.26. The number of nitrogens with one attached hydrogen (secondary N) is 1. The van der Waals surface area contributed by atoms with Gasteiger partial charge in [-0.05, 0) is 24.5 Å². The highest BCUT2D eigenvalue weighted by Gasteiger charge is 2.24. The lowest BCUT2D eigenvalue weighted by Crippen LogP contribution is -2.30. The van der Waals surface area contributed by atoms with E-state index in [-0.39, 0.29) is 17.8 Å². The molecular formula is C16H17N3O3. The molecule has 0 bridgehead atoms. The fourth-order valence-corrected chi connectivity index (χ4v) is 2.62. The molecule has 2 aromatic rings. The van der Waals surface area contributed by atoms with Crippen molar-refractivity contribution in [3.63, 3.8) is 0 Å². The Kier molecular flexibility index (Phi) is 4.29. The molecule has 1 saturated heterocycles. The van der Waals surface area contributed by atoms with Gasteiger partial charge in [-0.2, -0.15) is 0 Å². The predicted octanol–water partition coefficient (Wildman–Crippen LogP) is 3.32. The maximum Gasteiger partial charge on any atom is 0.287 e. The highest BCUT2D eigenvalue weighted by Crippen LogP contribution is 2.29. The van der Waals surface area contributed by atoms with Crippen LogP contribution < -0.4 is 5.32 Å². The minimum Gasteiger partial charge on any atom is -0.373 e. The summed E-state index contributed by atoms with van der Waals surface area (Å²) < 4.78 is 5.83. The van der Waals surface area contributed by atoms with Crippen molar-refractivity contribution in [1.29, 1.82) is 0 Å². The number of aromatic nitrogens is 1. The zero-order valence-corrected chi connectivity index (χ0v) is 12.0. The first kappa shape index (κ1) is 14.5. The molecule has 1 aliphatic heterocycles. The lowest BCUT2D eigenvalue weighted by molar-refractivity contribution is -0.385. The maximum atomic E-state index is 10.6. The van der Waals surface area contributed by atoms with Gasteiger partial charge in [0.15, 0.2) is 0 Å². The predicted molar refractivity (Wildman–Crippen MR) is 82.7 cm³/mol. The summed E-state index contributed by atoms with van der Waals surface area (Å²) in [5, 5.41) is 14.0. The van der Waals surface area contributed by atoms with E-state index < -0.39 is 4.92 Å². The number of benzene rings is 1. The summed E-state index contributed by atoms with van der Waals surface area (Å²) in [4.78, 5) is 14.3. The van der Waals surface area contributed by atoms with Gasteiger partial charge in [0.2, 0.25) is 0 Å². The normalized spacial score (nSPS) is 21.3. The third-order valence-corrected chi connectivity index (χ3v) is 3.77. The summed E-state index contributed by atoms with van der Waals surface area (Å²) >= 11 is 0. The molecule has 1 fully saturated rings. The summed E-state index contributed by atoms with van der Waals surface area (Å²) in [5.74, 6) is 0.657. The number of hydrogen-bond acceptors (Lipinski definition) is 5. The van der Waals surface area contributed by atoms with Crippen LogP contribution in [0.1, 0.15) is 24.5 Å². The Labute approximate surface area is 128 Å². The van der Waals surface area contributed by atoms with Crippen LogP contribution in [0.2, 0.25) is 0 Å². The van der Waals surface area contributed by atoms with E-state index in [0.717, 1.165) is 12.8 Å². The summed E-state index contributed by atoms with van der Waals surface area (Å²) in [6.45, 7) is 0.685. The average molecular weight is 299 g/mol. The van der Waals surface area contributed by atoms with E-state index >= 15 is 0 Å². The first-order chi connectivity index (χ1) is 10.7. The Morgan fingerprint density at radius 2 is 2.05 bits per heavy atom. The highest BCUT2D eigenvalue weighted by atomic mass is 16.6. The number of anilines is 1. The van der Waals surface area contributed by atoms with Gasteiger partial charge in [0.25, 0.3) is 5.69 Å². The molecule has 2 unspecified atom stereocenters. The van der Waals surface area contributed by atoms with Crippen LogP contribution in [0.25, 0.3) is 0 Å². The van der Waals surface area contributed by atoms with Gasteiger partial charge in [0, 0.05) is 18.7 Å². The van der Waals surface area contributed by atoms with Crippen LogP contribution in [0.4, 0.5) is 11.5 Å². The Hall–Kier alpha value is -2.47. The Balaban J connectivity index is 1.64. The summed E-state index contributed by atoms with van der Waals surface area (Å²) in [5.41, 5.74) is 1.17. The molecule has 1 aliphatic rings. The van der Waals surface area contributed by atoms with Crippen LogP contribution in [-0.2, 0) is 4.74 Å². The van der Waals surface area contributed by atoms with E-state index in [0.29, 0.717) is 12.4 Å². The minimum absolute atomic E-state index is 0.000287. The van der Waals surface area contributed by atoms with Crippen LogP contribution in [0.3, 0.4) is 0 Å². The van der Waals surface area contributed by atoms with Gasteiger partial charge in [0.1, 0.15) is 12.0 Å². The molecule has 114 valence electrons. The van der Waals surface area contributed by atoms with Gasteiger partial charge in [-0.25, -0.2) is 4.98 Å². The van der Waals surface area contributed by atoms with Gasteiger partial charge in [-0.1, -0.05) is 30.3 Å². The molecule has 3 rings (SSSR count). The monoisotopic (exact) mass is 299 g/mol. The SMILES string of the molecule is O=[N+]([O-])c1ccc(NC2CCOC(c3ccccc3)C2)nc1. The van der Waals surface area contributed by atoms with Crippen molar-refractivity contribution in [3.8, 4) is 0 Å². The Morgan fingerprint density at radius 3 is 2.73 bits per heavy atom. The Morgan fingerprint density at radius 1 is 1.23 bits per heavy atom. The topological polar surface area (TPSA) is 77.3 Å². The zero-order chi connectivity index (χ0) is 15.4. The van der Waals surface area contributed by atoms with Gasteiger partial charge >= 0.3 is 0 Å². The second-order valence-corrected chi connectivity index (χ2v) is 5.29. The first-order valence-electron chi connectivity index (χ1n) is 7.26. The minimum atomic E-state index is -0.448. The Bertz CT molecular complexity index is 631. The van der Waals surface area contributed by atoms with Crippen molar-refractivity contribution in [1.82, 2.24) is 4.98 Å². The molecule has 1 aromatic carbocycles. The molecule has 0 spiro atoms. The van der Waals surface area contributed by atoms with Crippen LogP contribution in [0.5, 0.6) is 0 Å². The molecule has 6 nitrogen and oxygen atoms in total. The number of nitrogens with zero attached hydrogens (tertiary/aromatic N) is 2. The van der Waals surface area contributed by atoms with E-state index in [4.69, 9.17) is 4.74 Å². The van der Waals surface area contributed by atoms with Crippen molar-refractivity contribution in [2.75, 3.05) is 11.9 Å². The van der Waals surface area contributed by atoms with Crippen molar-refractivity contribution in [3.05, 3.63) is 64.3 Å². The number of ether oxygens (including phenoxy) is 1. The lowest BCUT2D eigenvalue weighted by atomic mass is 9.97. The van der Waals surface area contributed by atoms with Crippen molar-refractivity contribution in [2.45, 2.75) is 25.0 Å². The van der Waals surface area contributed by atoms with Crippen molar-refractivity contribution >= 4 is 11.5 Å². The molecule has 0 saturated carbocycles. The van der Waals surface area contributed by atoms with E-state index in [1.54, 1.807) is 6.07 Å². The molecule has 0 radical (unpaired) electrons. The van der Waals surface area contributed by atoms with E-state index in [1.165, 1.54) is 17.8 Å². The number of rotatable bonds is 4. The lowest BCUT2D eigenvalue weighted by Gasteiger charge is -2.30. The van der Waals surface area contributed by atoms with Gasteiger partial charge in [0.05, 0.1) is 11.0 Å². The van der Waals surface area contributed by atoms with E-state index in [1.807, 2.05) is 18.2 Å². The number of pyridine rings is 1. The molecule has 2 atom stereocenters. The molecule has 6 heteroatoms. The zero-order valence-electron chi connectivity index (χ0n) is 12.0. The van der Waals surface area contributed by atoms with Crippen molar-refractivity contribution < 1.29 is 9.66 Å². The fraction of sp³-hybridized carbons (Fsp3) is 0.312. The van der Waals surface area contributed by atoms with Gasteiger partial charge < -0.3 is 10.1 Å². The number of hydrogen-bond donors (Lipinski definition) is 1. The molecule has 2 heterocycles. The van der Waals surface area contributed by atoms with Gasteiger partial charge in [-0.3, -0.25) is 10.1 Å². The third kappa shape index (κ3) is 3.40. The largest absolute Gasteiger partial charge is 0.373 e. The van der Waals surface area contributed by atoms with E-state index in [2.05, 4.69) is 22.4 Å². The molecule has 0 aliphatic carbocycles. The van der Waals surface area contributed by atoms with E-state index in [9.17, 15) is 10.1 Å². The molecule has 1 aromatic heterocycles. The van der Waals surface area contributed by atoms with Crippen molar-refractivity contribution in [2.24, 2.45) is 0 Å². The quantitative estimate of drug-likeness (QED) is 0.692. The number of nitro groups is 1. The maximum absolute atomic E-state index is 10.6. The second kappa shape index (κ2) is 6.53. The molecule has 1 N–H and O–H groups in total. The average Bonchev–Trinajstić information content (AvgIpc) is 2.56. The standard InChI is InChI=1S/C16H17N3O3/c20-19(21)14-6-7-16(17-11-14)18-13-8-9-22-15(10-13)12-4-2-1-3-5-12/h1-7,11,13,15H,8-10H2,(H,17,18). The smallest absolute Gasteiger partial charge is 0.287 e. The van der Waals surface area contributed by atoms with Crippen LogP contribution in [0, 0.1) is 10.1 Å². The fourth-order valence-electron chi connectivity index (χ4n) is 2.62. The van der Waals surface area contributed by atoms with Gasteiger partial charge in [-0.15, -0.1) is 0 Å². The second-order valence-electron chi connectivity index (χ2n) is 5.29. The molecule has 22 heavy (non-hydrogen) atoms. The third-order valence-electron chi connectivity index (χ3n) is 3.77. The van der Waals surface area contributed by atoms with Crippen LogP contribution in [-0.4, -0.2) is 22.6 Å². The molecular weight excluding hydrogens is 282 g/mol.